The lowest BCUT2D eigenvalue weighted by Crippen LogP contribution is -2.51. The summed E-state index contributed by atoms with van der Waals surface area (Å²) < 4.78 is 111. The highest BCUT2D eigenvalue weighted by Crippen LogP contribution is 2.59. The van der Waals surface area contributed by atoms with Crippen LogP contribution >= 0.6 is 23.0 Å². The first kappa shape index (κ1) is 82.7. The smallest absolute Gasteiger partial charge is 0.351 e. The molecule has 0 spiro atoms. The maximum atomic E-state index is 16.5. The number of imidazole rings is 3. The van der Waals surface area contributed by atoms with Gasteiger partial charge in [0.05, 0.1) is 89.3 Å². The minimum atomic E-state index is -4.42. The van der Waals surface area contributed by atoms with Gasteiger partial charge < -0.3 is 53.8 Å². The lowest BCUT2D eigenvalue weighted by atomic mass is 10.1. The Morgan fingerprint density at radius 3 is 1.36 bits per heavy atom. The van der Waals surface area contributed by atoms with Crippen LogP contribution in [-0.2, 0) is 51.0 Å². The predicted molar refractivity (Wildman–Crippen MR) is 423 cm³/mol. The van der Waals surface area contributed by atoms with Gasteiger partial charge in [0.1, 0.15) is 43.0 Å². The fourth-order valence-corrected chi connectivity index (χ4v) is 20.0. The van der Waals surface area contributed by atoms with Crippen LogP contribution in [0.3, 0.4) is 0 Å². The van der Waals surface area contributed by atoms with Crippen molar-refractivity contribution in [3.8, 4) is 0 Å². The molecule has 0 bridgehead atoms. The third-order valence-corrected chi connectivity index (χ3v) is 27.7. The molecule has 0 saturated carbocycles. The summed E-state index contributed by atoms with van der Waals surface area (Å²) in [5.41, 5.74) is 1.58. The number of hydrogen-bond donors (Lipinski definition) is 4. The normalized spacial score (nSPS) is 22.9. The van der Waals surface area contributed by atoms with E-state index in [-0.39, 0.29) is 104 Å². The molecule has 0 radical (unpaired) electrons. The number of carbonyl (C=O) groups is 5. The molecule has 43 heteroatoms. The lowest BCUT2D eigenvalue weighted by molar-refractivity contribution is -0.133. The number of hydrogen-bond acceptors (Lipinski definition) is 26. The van der Waals surface area contributed by atoms with Gasteiger partial charge in [0.15, 0.2) is 57.5 Å². The highest BCUT2D eigenvalue weighted by atomic mass is 31.2. The molecule has 116 heavy (non-hydrogen) atoms. The van der Waals surface area contributed by atoms with E-state index in [4.69, 9.17) is 37.5 Å². The second kappa shape index (κ2) is 35.2. The van der Waals surface area contributed by atoms with Crippen LogP contribution in [0.15, 0.2) is 145 Å². The van der Waals surface area contributed by atoms with Crippen molar-refractivity contribution in [3.63, 3.8) is 0 Å². The number of amidine groups is 1. The summed E-state index contributed by atoms with van der Waals surface area (Å²) in [5, 5.41) is 11.1. The maximum absolute atomic E-state index is 16.5. The number of likely N-dealkylation sites (N-methyl/N-ethyl adjacent to an activating group) is 1. The van der Waals surface area contributed by atoms with E-state index in [9.17, 15) is 28.8 Å². The molecule has 3 aromatic carbocycles. The second-order valence-corrected chi connectivity index (χ2v) is 37.0. The van der Waals surface area contributed by atoms with Gasteiger partial charge in [0.2, 0.25) is 5.91 Å². The van der Waals surface area contributed by atoms with E-state index < -0.39 is 115 Å². The van der Waals surface area contributed by atoms with Gasteiger partial charge in [-0.05, 0) is 98.2 Å². The molecule has 11 heterocycles. The van der Waals surface area contributed by atoms with Gasteiger partial charge >= 0.3 is 28.7 Å². The van der Waals surface area contributed by atoms with Crippen molar-refractivity contribution in [1.82, 2.24) is 96.4 Å². The van der Waals surface area contributed by atoms with Crippen molar-refractivity contribution >= 4 is 104 Å². The maximum Gasteiger partial charge on any atom is 0.351 e. The summed E-state index contributed by atoms with van der Waals surface area (Å²) in [6, 6.07) is 27.1. The highest BCUT2D eigenvalue weighted by molar-refractivity contribution is 7.54. The van der Waals surface area contributed by atoms with Crippen molar-refractivity contribution in [2.24, 2.45) is 10.9 Å². The van der Waals surface area contributed by atoms with Crippen LogP contribution < -0.4 is 27.0 Å². The van der Waals surface area contributed by atoms with Crippen molar-refractivity contribution in [3.05, 3.63) is 168 Å². The Morgan fingerprint density at radius 2 is 0.914 bits per heavy atom. The van der Waals surface area contributed by atoms with E-state index in [0.717, 1.165) is 0 Å². The Hall–Kier alpha value is -9.80. The van der Waals surface area contributed by atoms with Gasteiger partial charge in [-0.25, -0.2) is 72.7 Å². The number of aromatic nitrogens is 12. The van der Waals surface area contributed by atoms with E-state index in [1.54, 1.807) is 167 Å². The van der Waals surface area contributed by atoms with Gasteiger partial charge in [0, 0.05) is 61.5 Å². The zero-order chi connectivity index (χ0) is 81.9. The number of morpholine rings is 4. The zero-order valence-corrected chi connectivity index (χ0v) is 68.1. The molecule has 0 aliphatic carbocycles. The first-order valence-electron chi connectivity index (χ1n) is 37.5. The predicted octanol–water partition coefficient (Wildman–Crippen LogP) is 6.86. The number of amides is 4. The van der Waals surface area contributed by atoms with E-state index >= 15 is 13.7 Å². The summed E-state index contributed by atoms with van der Waals surface area (Å²) in [7, 11) is -1.42. The van der Waals surface area contributed by atoms with Crippen LogP contribution in [0.5, 0.6) is 0 Å². The number of fused-ring (bicyclic) bond motifs is 3. The van der Waals surface area contributed by atoms with E-state index in [1.165, 1.54) is 70.1 Å². The summed E-state index contributed by atoms with van der Waals surface area (Å²) in [6.07, 6.45) is 1.07. The van der Waals surface area contributed by atoms with E-state index in [2.05, 4.69) is 61.1 Å². The van der Waals surface area contributed by atoms with Gasteiger partial charge in [-0.2, -0.15) is 4.98 Å². The third-order valence-electron chi connectivity index (χ3n) is 20.0. The van der Waals surface area contributed by atoms with Crippen LogP contribution in [0.2, 0.25) is 0 Å². The summed E-state index contributed by atoms with van der Waals surface area (Å²) in [4.78, 5) is 124. The van der Waals surface area contributed by atoms with Crippen LogP contribution in [0, 0.1) is 5.92 Å². The second-order valence-electron chi connectivity index (χ2n) is 29.2. The number of benzene rings is 3. The molecule has 9 aromatic rings. The number of anilines is 3. The molecular formula is C73H91N24O16P3. The average Bonchev–Trinajstić information content (AvgIpc) is 1.39. The number of ether oxygens (including phenoxy) is 4. The monoisotopic (exact) mass is 1650 g/mol. The molecule has 11 atom stereocenters. The molecule has 4 amide bonds. The van der Waals surface area contributed by atoms with Crippen molar-refractivity contribution in [2.75, 3.05) is 137 Å². The number of ketones is 1. The fourth-order valence-electron chi connectivity index (χ4n) is 14.0. The largest absolute Gasteiger partial charge is 0.352 e. The molecular weight excluding hydrogens is 1560 g/mol. The van der Waals surface area contributed by atoms with Crippen molar-refractivity contribution in [1.29, 1.82) is 0 Å². The Balaban J connectivity index is 0.744. The van der Waals surface area contributed by atoms with Gasteiger partial charge in [-0.15, -0.1) is 0 Å². The standard InChI is InChI=1S/C73H91N24O16P3/c1-11-50-31-91(36-59(110-50)96-45-80-63-65(75-42-77-67(63)96)86-72(102)49-25-19-14-20-26-49)114(104,87(4)5)108-40-53-33-93(37-60(113-53)97-43-78-61-54(98)29-56(81-68(61)97)83-69(99)46(2)3)116(106,89(8)9)109-39-52-32-92(35-58(112-52)94-28-27-55(84-73(94)103)82-70(100)47-21-15-12-16-22-47)115(105,88(6)7)107-38-51-30-90(10)34-57(111-51)95-44-79-62-64(74-41-76-66(62)95)85-71(101)48-23-17-13-18-24-48/h12-28,41-46,50-53,57-60H,11,29-40H2,1-10H3,(H,81,83,99)(H,74,76,85,101)(H,75,77,86,102)(H,82,84,100,103)/t50-,51+,52+,53+,57-,58-,59-,60-,114+,115+,116+/m1/s1. The van der Waals surface area contributed by atoms with Crippen molar-refractivity contribution in [2.45, 2.75) is 82.9 Å². The Morgan fingerprint density at radius 1 is 0.500 bits per heavy atom. The number of nitrogens with zero attached hydrogens (tertiary/aromatic N) is 20. The number of aliphatic imine (C=N–C) groups is 1. The van der Waals surface area contributed by atoms with Gasteiger partial charge in [-0.1, -0.05) is 75.4 Å². The molecule has 6 aromatic heterocycles. The fraction of sp³-hybridized carbons (Fsp3) is 0.438. The van der Waals surface area contributed by atoms with Crippen LogP contribution in [-0.4, -0.2) is 272 Å². The molecule has 5 aliphatic rings. The zero-order valence-electron chi connectivity index (χ0n) is 65.4. The molecule has 4 fully saturated rings. The number of rotatable bonds is 27. The van der Waals surface area contributed by atoms with E-state index in [1.807, 2.05) is 18.9 Å². The topological polar surface area (TPSA) is 424 Å². The SMILES string of the molecule is CC[C@@H]1CN([P@@](=O)(OC[C@@H]2CN([P@@](=O)(OC[C@@H]3CN([P@@](=O)(OC[C@@H]4CN(C)C[C@H](n5cnc6c(NC(=O)c7ccccc7)ncnc65)O4)N(C)C)C[C@H](n4ccc(NC(=O)c5ccccc5)nc4=O)O3)N(C)C)C[C@H](n3cnc4c3N=C(NC(=O)C(C)C)CC4=O)O2)N(C)C)C[C@H](n2cnc3c(NC(=O)c4ccccc4)ncnc32)O1. The minimum Gasteiger partial charge on any atom is -0.352 e. The Bertz CT molecular complexity index is 5350. The first-order chi connectivity index (χ1) is 55.7. The van der Waals surface area contributed by atoms with Gasteiger partial charge in [0.25, 0.3) is 17.7 Å². The molecule has 14 rings (SSSR count). The van der Waals surface area contributed by atoms with Crippen LogP contribution in [0.4, 0.5) is 23.3 Å². The molecule has 4 N–H and O–H groups in total. The lowest BCUT2D eigenvalue weighted by Gasteiger charge is -2.46. The molecule has 40 nitrogen and oxygen atoms in total. The number of nitrogens with one attached hydrogen (secondary N) is 4. The minimum absolute atomic E-state index is 0.0138. The van der Waals surface area contributed by atoms with Gasteiger partial charge in [-0.3, -0.25) is 60.8 Å². The molecule has 0 unspecified atom stereocenters. The summed E-state index contributed by atoms with van der Waals surface area (Å²) in [6.45, 7) is 4.08. The van der Waals surface area contributed by atoms with Crippen LogP contribution in [0.1, 0.15) is 100 Å². The van der Waals surface area contributed by atoms with Crippen molar-refractivity contribution < 1.29 is 70.2 Å². The Labute approximate surface area is 666 Å². The summed E-state index contributed by atoms with van der Waals surface area (Å²) in [5.74, 6) is -2.19. The average molecular weight is 1650 g/mol. The van der Waals surface area contributed by atoms with Crippen LogP contribution in [0.25, 0.3) is 22.3 Å². The quantitative estimate of drug-likeness (QED) is 0.0382. The molecule has 4 saturated heterocycles. The van der Waals surface area contributed by atoms with E-state index in [0.29, 0.717) is 53.0 Å². The number of carbonyl (C=O) groups excluding carboxylic acids is 5. The molecule has 614 valence electrons. The summed E-state index contributed by atoms with van der Waals surface area (Å²) >= 11 is 0. The third kappa shape index (κ3) is 17.7. The first-order valence-corrected chi connectivity index (χ1v) is 42.1. The molecule has 5 aliphatic heterocycles. The number of Topliss-reactive ketones (excluding diaryl/α,β-unsaturated/α-hetero) is 1. The Kier molecular flexibility index (Phi) is 25.1. The highest BCUT2D eigenvalue weighted by Gasteiger charge is 2.49.